The van der Waals surface area contributed by atoms with Crippen LogP contribution < -0.4 is 5.32 Å². The molecule has 4 nitrogen and oxygen atoms in total. The molecular weight excluding hydrogens is 260 g/mol. The summed E-state index contributed by atoms with van der Waals surface area (Å²) < 4.78 is 2.10. The predicted octanol–water partition coefficient (Wildman–Crippen LogP) is 2.54. The second-order valence-electron chi connectivity index (χ2n) is 7.16. The summed E-state index contributed by atoms with van der Waals surface area (Å²) in [7, 11) is 0. The van der Waals surface area contributed by atoms with Crippen molar-refractivity contribution in [3.8, 4) is 0 Å². The van der Waals surface area contributed by atoms with Crippen LogP contribution in [0.2, 0.25) is 0 Å². The number of nitrogens with one attached hydrogen (secondary N) is 1. The molecule has 1 aliphatic heterocycles. The molecule has 1 fully saturated rings. The van der Waals surface area contributed by atoms with E-state index < -0.39 is 0 Å². The van der Waals surface area contributed by atoms with E-state index in [1.54, 1.807) is 0 Å². The molecule has 2 aromatic heterocycles. The van der Waals surface area contributed by atoms with E-state index in [-0.39, 0.29) is 0 Å². The maximum atomic E-state index is 4.73. The number of fused-ring (bicyclic) bond motifs is 1. The molecule has 0 saturated carbocycles. The van der Waals surface area contributed by atoms with Gasteiger partial charge in [-0.2, -0.15) is 0 Å². The Labute approximate surface area is 127 Å². The van der Waals surface area contributed by atoms with E-state index in [1.807, 2.05) is 12.1 Å². The van der Waals surface area contributed by atoms with Crippen molar-refractivity contribution in [2.75, 3.05) is 19.6 Å². The molecule has 0 spiro atoms. The Morgan fingerprint density at radius 1 is 1.33 bits per heavy atom. The van der Waals surface area contributed by atoms with Crippen LogP contribution in [0.15, 0.2) is 30.6 Å². The molecule has 0 aliphatic carbocycles. The van der Waals surface area contributed by atoms with Gasteiger partial charge < -0.3 is 9.72 Å². The molecule has 3 rings (SSSR count). The molecule has 0 aromatic carbocycles. The van der Waals surface area contributed by atoms with E-state index >= 15 is 0 Å². The van der Waals surface area contributed by atoms with Crippen molar-refractivity contribution in [3.63, 3.8) is 0 Å². The van der Waals surface area contributed by atoms with Crippen molar-refractivity contribution in [3.05, 3.63) is 36.3 Å². The average Bonchev–Trinajstić information content (AvgIpc) is 2.66. The number of rotatable bonds is 2. The Bertz CT molecular complexity index is 563. The third-order valence-corrected chi connectivity index (χ3v) is 4.33. The van der Waals surface area contributed by atoms with Gasteiger partial charge in [0.1, 0.15) is 5.65 Å². The lowest BCUT2D eigenvalue weighted by Crippen LogP contribution is -2.46. The van der Waals surface area contributed by atoms with Crippen molar-refractivity contribution in [1.29, 1.82) is 0 Å². The van der Waals surface area contributed by atoms with E-state index in [4.69, 9.17) is 4.98 Å². The van der Waals surface area contributed by atoms with Gasteiger partial charge in [0.05, 0.1) is 5.69 Å². The Balaban J connectivity index is 1.73. The number of pyridine rings is 1. The summed E-state index contributed by atoms with van der Waals surface area (Å²) in [6.45, 7) is 11.3. The normalized spacial score (nSPS) is 21.6. The van der Waals surface area contributed by atoms with E-state index in [9.17, 15) is 0 Å². The maximum absolute atomic E-state index is 4.73. The monoisotopic (exact) mass is 286 g/mol. The summed E-state index contributed by atoms with van der Waals surface area (Å²) in [6.07, 6.45) is 5.42. The summed E-state index contributed by atoms with van der Waals surface area (Å²) in [6, 6.07) is 6.68. The third kappa shape index (κ3) is 3.44. The van der Waals surface area contributed by atoms with Crippen LogP contribution in [-0.4, -0.2) is 40.0 Å². The second-order valence-corrected chi connectivity index (χ2v) is 7.16. The molecule has 0 radical (unpaired) electrons. The fourth-order valence-corrected chi connectivity index (χ4v) is 3.01. The highest BCUT2D eigenvalue weighted by molar-refractivity contribution is 5.39. The summed E-state index contributed by atoms with van der Waals surface area (Å²) in [5, 5.41) is 3.70. The zero-order valence-corrected chi connectivity index (χ0v) is 13.3. The van der Waals surface area contributed by atoms with Crippen LogP contribution in [0, 0.1) is 5.41 Å². The zero-order chi connectivity index (χ0) is 14.9. The van der Waals surface area contributed by atoms with Gasteiger partial charge in [0.25, 0.3) is 0 Å². The topological polar surface area (TPSA) is 32.6 Å². The van der Waals surface area contributed by atoms with Crippen molar-refractivity contribution in [2.45, 2.75) is 39.8 Å². The molecule has 3 heterocycles. The van der Waals surface area contributed by atoms with Gasteiger partial charge in [-0.25, -0.2) is 4.98 Å². The van der Waals surface area contributed by atoms with Crippen LogP contribution in [-0.2, 0) is 6.54 Å². The Hall–Kier alpha value is -1.39. The minimum absolute atomic E-state index is 0.293. The van der Waals surface area contributed by atoms with Crippen LogP contribution in [0.25, 0.3) is 5.65 Å². The van der Waals surface area contributed by atoms with Gasteiger partial charge in [0.2, 0.25) is 0 Å². The molecule has 2 aromatic rings. The number of aromatic nitrogens is 2. The first-order valence-electron chi connectivity index (χ1n) is 7.91. The van der Waals surface area contributed by atoms with Gasteiger partial charge in [0, 0.05) is 31.5 Å². The van der Waals surface area contributed by atoms with Gasteiger partial charge in [-0.3, -0.25) is 4.90 Å². The van der Waals surface area contributed by atoms with Gasteiger partial charge in [-0.05, 0) is 37.1 Å². The largest absolute Gasteiger partial charge is 0.312 e. The average molecular weight is 286 g/mol. The molecule has 4 heteroatoms. The smallest absolute Gasteiger partial charge is 0.137 e. The first-order chi connectivity index (χ1) is 10.0. The molecule has 1 saturated heterocycles. The number of hydrogen-bond donors (Lipinski definition) is 1. The Morgan fingerprint density at radius 3 is 2.95 bits per heavy atom. The quantitative estimate of drug-likeness (QED) is 0.921. The number of hydrogen-bond acceptors (Lipinski definition) is 3. The Kier molecular flexibility index (Phi) is 4.00. The fourth-order valence-electron chi connectivity index (χ4n) is 3.01. The van der Waals surface area contributed by atoms with Crippen LogP contribution >= 0.6 is 0 Å². The van der Waals surface area contributed by atoms with Crippen LogP contribution in [0.3, 0.4) is 0 Å². The highest BCUT2D eigenvalue weighted by Gasteiger charge is 2.28. The first kappa shape index (κ1) is 14.5. The Morgan fingerprint density at radius 2 is 2.19 bits per heavy atom. The van der Waals surface area contributed by atoms with E-state index in [0.29, 0.717) is 11.5 Å². The number of nitrogens with zero attached hydrogens (tertiary/aromatic N) is 3. The summed E-state index contributed by atoms with van der Waals surface area (Å²) >= 11 is 0. The van der Waals surface area contributed by atoms with Crippen molar-refractivity contribution >= 4 is 5.65 Å². The van der Waals surface area contributed by atoms with Crippen molar-refractivity contribution in [2.24, 2.45) is 5.41 Å². The molecule has 21 heavy (non-hydrogen) atoms. The highest BCUT2D eigenvalue weighted by atomic mass is 15.2. The molecule has 0 bridgehead atoms. The standard InChI is InChI=1S/C17H26N4/c1-17(2,3)15-13-20(9-6-8-18-15)11-14-12-21-10-5-4-7-16(21)19-14/h4-5,7,10,12,15,18H,6,8-9,11,13H2,1-3H3. The third-order valence-electron chi connectivity index (χ3n) is 4.33. The molecule has 1 unspecified atom stereocenters. The highest BCUT2D eigenvalue weighted by Crippen LogP contribution is 2.22. The maximum Gasteiger partial charge on any atom is 0.137 e. The molecule has 1 atom stereocenters. The fraction of sp³-hybridized carbons (Fsp3) is 0.588. The van der Waals surface area contributed by atoms with Gasteiger partial charge >= 0.3 is 0 Å². The van der Waals surface area contributed by atoms with Crippen LogP contribution in [0.5, 0.6) is 0 Å². The van der Waals surface area contributed by atoms with Gasteiger partial charge in [-0.1, -0.05) is 26.8 Å². The molecule has 0 amide bonds. The summed E-state index contributed by atoms with van der Waals surface area (Å²) in [5.41, 5.74) is 2.49. The lowest BCUT2D eigenvalue weighted by atomic mass is 9.86. The molecule has 114 valence electrons. The van der Waals surface area contributed by atoms with Gasteiger partial charge in [0.15, 0.2) is 0 Å². The lowest BCUT2D eigenvalue weighted by molar-refractivity contribution is 0.191. The van der Waals surface area contributed by atoms with Gasteiger partial charge in [-0.15, -0.1) is 0 Å². The van der Waals surface area contributed by atoms with Crippen LogP contribution in [0.4, 0.5) is 0 Å². The minimum Gasteiger partial charge on any atom is -0.312 e. The molecule has 1 N–H and O–H groups in total. The molecular formula is C17H26N4. The van der Waals surface area contributed by atoms with Crippen LogP contribution in [0.1, 0.15) is 32.9 Å². The summed E-state index contributed by atoms with van der Waals surface area (Å²) in [4.78, 5) is 7.26. The molecule has 1 aliphatic rings. The van der Waals surface area contributed by atoms with E-state index in [2.05, 4.69) is 53.8 Å². The second kappa shape index (κ2) is 5.78. The van der Waals surface area contributed by atoms with E-state index in [1.165, 1.54) is 6.42 Å². The van der Waals surface area contributed by atoms with E-state index in [0.717, 1.165) is 37.5 Å². The number of imidazole rings is 1. The lowest BCUT2D eigenvalue weighted by Gasteiger charge is -2.33. The first-order valence-corrected chi connectivity index (χ1v) is 7.91. The summed E-state index contributed by atoms with van der Waals surface area (Å²) in [5.74, 6) is 0. The minimum atomic E-state index is 0.293. The van der Waals surface area contributed by atoms with Crippen molar-refractivity contribution in [1.82, 2.24) is 19.6 Å². The SMILES string of the molecule is CC(C)(C)C1CN(Cc2cn3ccccc3n2)CCCN1. The zero-order valence-electron chi connectivity index (χ0n) is 13.3. The van der Waals surface area contributed by atoms with Crippen molar-refractivity contribution < 1.29 is 0 Å². The predicted molar refractivity (Wildman–Crippen MR) is 86.3 cm³/mol.